The second kappa shape index (κ2) is 10.9. The molecule has 1 aromatic heterocycles. The van der Waals surface area contributed by atoms with Crippen molar-refractivity contribution in [1.82, 2.24) is 15.3 Å². The number of rotatable bonds is 8. The van der Waals surface area contributed by atoms with Crippen molar-refractivity contribution in [1.29, 1.82) is 0 Å². The van der Waals surface area contributed by atoms with Gasteiger partial charge in [0.05, 0.1) is 0 Å². The molecule has 0 saturated heterocycles. The molecule has 1 aliphatic rings. The van der Waals surface area contributed by atoms with E-state index in [1.807, 2.05) is 32.1 Å². The predicted molar refractivity (Wildman–Crippen MR) is 128 cm³/mol. The molecule has 0 aliphatic heterocycles. The van der Waals surface area contributed by atoms with Crippen molar-refractivity contribution in [3.05, 3.63) is 41.6 Å². The third kappa shape index (κ3) is 6.42. The lowest BCUT2D eigenvalue weighted by atomic mass is 9.86. The predicted octanol–water partition coefficient (Wildman–Crippen LogP) is 3.60. The molecule has 2 amide bonds. The molecular formula is C24H34N6O2. The number of aromatic nitrogens is 2. The Morgan fingerprint density at radius 1 is 1.16 bits per heavy atom. The highest BCUT2D eigenvalue weighted by Crippen LogP contribution is 2.26. The van der Waals surface area contributed by atoms with E-state index in [1.165, 1.54) is 0 Å². The van der Waals surface area contributed by atoms with Gasteiger partial charge in [0.15, 0.2) is 0 Å². The molecule has 1 saturated carbocycles. The highest BCUT2D eigenvalue weighted by molar-refractivity contribution is 5.97. The highest BCUT2D eigenvalue weighted by Gasteiger charge is 2.22. The van der Waals surface area contributed by atoms with Gasteiger partial charge in [0.25, 0.3) is 5.91 Å². The molecule has 2 aromatic rings. The molecule has 0 bridgehead atoms. The second-order valence-corrected chi connectivity index (χ2v) is 8.65. The Kier molecular flexibility index (Phi) is 8.03. The summed E-state index contributed by atoms with van der Waals surface area (Å²) in [4.78, 5) is 35.2. The van der Waals surface area contributed by atoms with E-state index >= 15 is 0 Å². The number of anilines is 3. The highest BCUT2D eigenvalue weighted by atomic mass is 16.2. The molecule has 0 spiro atoms. The Morgan fingerprint density at radius 3 is 2.59 bits per heavy atom. The number of hydrogen-bond donors (Lipinski definition) is 3. The van der Waals surface area contributed by atoms with Crippen LogP contribution in [-0.4, -0.2) is 48.5 Å². The van der Waals surface area contributed by atoms with E-state index in [9.17, 15) is 9.59 Å². The molecule has 8 nitrogen and oxygen atoms in total. The van der Waals surface area contributed by atoms with Crippen LogP contribution in [-0.2, 0) is 4.79 Å². The zero-order valence-electron chi connectivity index (χ0n) is 19.4. The summed E-state index contributed by atoms with van der Waals surface area (Å²) in [6.07, 6.45) is 6.38. The summed E-state index contributed by atoms with van der Waals surface area (Å²) in [6.45, 7) is 4.46. The first-order chi connectivity index (χ1) is 15.4. The summed E-state index contributed by atoms with van der Waals surface area (Å²) in [6, 6.07) is 7.40. The summed E-state index contributed by atoms with van der Waals surface area (Å²) in [5.74, 6) is 1.88. The van der Waals surface area contributed by atoms with Gasteiger partial charge in [-0.2, -0.15) is 4.98 Å². The lowest BCUT2D eigenvalue weighted by Gasteiger charge is -2.29. The van der Waals surface area contributed by atoms with E-state index in [1.54, 1.807) is 31.2 Å². The number of aryl methyl sites for hydroxylation is 1. The van der Waals surface area contributed by atoms with E-state index in [0.717, 1.165) is 37.1 Å². The van der Waals surface area contributed by atoms with E-state index in [2.05, 4.69) is 25.9 Å². The molecule has 8 heteroatoms. The first-order valence-electron chi connectivity index (χ1n) is 11.3. The van der Waals surface area contributed by atoms with Crippen LogP contribution in [0.3, 0.4) is 0 Å². The van der Waals surface area contributed by atoms with Crippen LogP contribution in [0.4, 0.5) is 17.5 Å². The number of carbonyl (C=O) groups is 2. The van der Waals surface area contributed by atoms with Gasteiger partial charge >= 0.3 is 0 Å². The fourth-order valence-electron chi connectivity index (χ4n) is 3.98. The van der Waals surface area contributed by atoms with Gasteiger partial charge in [-0.3, -0.25) is 9.59 Å². The van der Waals surface area contributed by atoms with E-state index < -0.39 is 0 Å². The number of carbonyl (C=O) groups excluding carboxylic acids is 2. The number of nitrogens with zero attached hydrogens (tertiary/aromatic N) is 3. The summed E-state index contributed by atoms with van der Waals surface area (Å²) in [5, 5.41) is 9.31. The van der Waals surface area contributed by atoms with Crippen LogP contribution in [0, 0.1) is 12.8 Å². The zero-order valence-corrected chi connectivity index (χ0v) is 19.4. The van der Waals surface area contributed by atoms with Crippen LogP contribution < -0.4 is 20.9 Å². The van der Waals surface area contributed by atoms with Crippen molar-refractivity contribution in [3.63, 3.8) is 0 Å². The molecule has 32 heavy (non-hydrogen) atoms. The maximum Gasteiger partial charge on any atom is 0.251 e. The maximum atomic E-state index is 12.6. The molecule has 1 fully saturated rings. The van der Waals surface area contributed by atoms with Crippen LogP contribution in [0.25, 0.3) is 0 Å². The largest absolute Gasteiger partial charge is 0.362 e. The Morgan fingerprint density at radius 2 is 1.91 bits per heavy atom. The van der Waals surface area contributed by atoms with Crippen molar-refractivity contribution in [2.24, 2.45) is 5.92 Å². The van der Waals surface area contributed by atoms with Gasteiger partial charge in [-0.15, -0.1) is 0 Å². The minimum atomic E-state index is -0.109. The van der Waals surface area contributed by atoms with Crippen LogP contribution in [0.1, 0.15) is 54.9 Å². The van der Waals surface area contributed by atoms with Crippen molar-refractivity contribution >= 4 is 29.3 Å². The van der Waals surface area contributed by atoms with Gasteiger partial charge in [0.2, 0.25) is 11.9 Å². The summed E-state index contributed by atoms with van der Waals surface area (Å²) in [7, 11) is 3.96. The number of nitrogens with one attached hydrogen (secondary N) is 3. The van der Waals surface area contributed by atoms with Gasteiger partial charge < -0.3 is 20.9 Å². The van der Waals surface area contributed by atoms with Crippen LogP contribution in [0.2, 0.25) is 0 Å². The van der Waals surface area contributed by atoms with E-state index in [-0.39, 0.29) is 11.8 Å². The number of amides is 2. The molecule has 1 heterocycles. The maximum absolute atomic E-state index is 12.6. The van der Waals surface area contributed by atoms with E-state index in [4.69, 9.17) is 0 Å². The summed E-state index contributed by atoms with van der Waals surface area (Å²) in [5.41, 5.74) is 2.26. The van der Waals surface area contributed by atoms with Crippen LogP contribution in [0.15, 0.2) is 30.5 Å². The van der Waals surface area contributed by atoms with Gasteiger partial charge in [0.1, 0.15) is 5.82 Å². The molecule has 1 aromatic carbocycles. The molecule has 172 valence electrons. The lowest BCUT2D eigenvalue weighted by molar-refractivity contribution is -0.115. The minimum absolute atomic E-state index is 0.0677. The molecule has 0 unspecified atom stereocenters. The van der Waals surface area contributed by atoms with Crippen molar-refractivity contribution in [2.75, 3.05) is 36.2 Å². The molecule has 0 atom stereocenters. The SMILES string of the molecule is CCC(=O)Nc1cccc(C(=O)NC[C@H]2CC[C@@H](Nc3ncc(C)c(N(C)C)n3)CC2)c1. The van der Waals surface area contributed by atoms with Crippen molar-refractivity contribution in [3.8, 4) is 0 Å². The summed E-state index contributed by atoms with van der Waals surface area (Å²) < 4.78 is 0. The second-order valence-electron chi connectivity index (χ2n) is 8.65. The normalized spacial score (nSPS) is 18.0. The van der Waals surface area contributed by atoms with Crippen molar-refractivity contribution < 1.29 is 9.59 Å². The minimum Gasteiger partial charge on any atom is -0.362 e. The zero-order chi connectivity index (χ0) is 23.1. The smallest absolute Gasteiger partial charge is 0.251 e. The van der Waals surface area contributed by atoms with Crippen molar-refractivity contribution in [2.45, 2.75) is 52.0 Å². The first kappa shape index (κ1) is 23.5. The lowest BCUT2D eigenvalue weighted by Crippen LogP contribution is -2.34. The monoisotopic (exact) mass is 438 g/mol. The first-order valence-corrected chi connectivity index (χ1v) is 11.3. The Bertz CT molecular complexity index is 938. The third-order valence-corrected chi connectivity index (χ3v) is 5.83. The Hall–Kier alpha value is -3.16. The topological polar surface area (TPSA) is 99.2 Å². The van der Waals surface area contributed by atoms with Crippen LogP contribution >= 0.6 is 0 Å². The molecular weight excluding hydrogens is 404 g/mol. The molecule has 1 aliphatic carbocycles. The molecule has 0 radical (unpaired) electrons. The van der Waals surface area contributed by atoms with Gasteiger partial charge in [-0.05, 0) is 56.7 Å². The summed E-state index contributed by atoms with van der Waals surface area (Å²) >= 11 is 0. The average molecular weight is 439 g/mol. The fraction of sp³-hybridized carbons (Fsp3) is 0.500. The Balaban J connectivity index is 1.45. The Labute approximate surface area is 190 Å². The molecule has 3 rings (SSSR count). The molecule has 3 N–H and O–H groups in total. The van der Waals surface area contributed by atoms with E-state index in [0.29, 0.717) is 42.1 Å². The quantitative estimate of drug-likeness (QED) is 0.582. The standard InChI is InChI=1S/C24H34N6O2/c1-5-21(31)27-20-8-6-7-18(13-20)23(32)25-15-17-9-11-19(12-10-17)28-24-26-14-16(2)22(29-24)30(3)4/h6-8,13-14,17,19H,5,9-12,15H2,1-4H3,(H,25,32)(H,27,31)(H,26,28,29)/t17-,19+. The van der Waals surface area contributed by atoms with Gasteiger partial charge in [-0.1, -0.05) is 13.0 Å². The number of hydrogen-bond acceptors (Lipinski definition) is 6. The number of benzene rings is 1. The van der Waals surface area contributed by atoms with Gasteiger partial charge in [0, 0.05) is 56.1 Å². The fourth-order valence-corrected chi connectivity index (χ4v) is 3.98. The van der Waals surface area contributed by atoms with Crippen LogP contribution in [0.5, 0.6) is 0 Å². The average Bonchev–Trinajstić information content (AvgIpc) is 2.79. The third-order valence-electron chi connectivity index (χ3n) is 5.83. The van der Waals surface area contributed by atoms with Gasteiger partial charge in [-0.25, -0.2) is 4.98 Å².